The molecule has 174 valence electrons. The SMILES string of the molecule is CC(=O)O[C@@H]1[C@@H](O)[C@H](C)O[C@@H](Oc2cc(O)c3c(=O)c4ccccc4sc3c2)[C@@H]1OC(C)=O. The van der Waals surface area contributed by atoms with E-state index < -0.39 is 42.6 Å². The number of aromatic hydroxyl groups is 1. The molecule has 3 aromatic rings. The van der Waals surface area contributed by atoms with Gasteiger partial charge >= 0.3 is 11.9 Å². The number of carbonyl (C=O) groups excluding carboxylic acids is 2. The van der Waals surface area contributed by atoms with E-state index in [1.54, 1.807) is 31.2 Å². The molecule has 1 aliphatic rings. The lowest BCUT2D eigenvalue weighted by atomic mass is 9.99. The van der Waals surface area contributed by atoms with Gasteiger partial charge in [0, 0.05) is 34.7 Å². The Morgan fingerprint density at radius 1 is 1.03 bits per heavy atom. The Hall–Kier alpha value is -3.21. The van der Waals surface area contributed by atoms with Crippen LogP contribution in [0, 0.1) is 0 Å². The first kappa shape index (κ1) is 23.0. The van der Waals surface area contributed by atoms with Crippen LogP contribution in [-0.4, -0.2) is 52.9 Å². The van der Waals surface area contributed by atoms with Crippen molar-refractivity contribution in [3.05, 3.63) is 46.6 Å². The van der Waals surface area contributed by atoms with Gasteiger partial charge in [0.15, 0.2) is 11.5 Å². The molecule has 0 spiro atoms. The Balaban J connectivity index is 1.74. The second kappa shape index (κ2) is 8.97. The van der Waals surface area contributed by atoms with Crippen molar-refractivity contribution in [2.75, 3.05) is 0 Å². The van der Waals surface area contributed by atoms with Crippen LogP contribution in [0.15, 0.2) is 41.2 Å². The van der Waals surface area contributed by atoms with Crippen LogP contribution in [0.1, 0.15) is 20.8 Å². The van der Waals surface area contributed by atoms with Gasteiger partial charge < -0.3 is 29.2 Å². The largest absolute Gasteiger partial charge is 0.507 e. The van der Waals surface area contributed by atoms with Crippen LogP contribution in [0.4, 0.5) is 0 Å². The van der Waals surface area contributed by atoms with Crippen molar-refractivity contribution in [3.63, 3.8) is 0 Å². The van der Waals surface area contributed by atoms with Crippen LogP contribution >= 0.6 is 11.3 Å². The normalized spacial score (nSPS) is 25.0. The third-order valence-corrected chi connectivity index (χ3v) is 6.37. The van der Waals surface area contributed by atoms with E-state index in [1.165, 1.54) is 24.3 Å². The molecule has 0 unspecified atom stereocenters. The van der Waals surface area contributed by atoms with Gasteiger partial charge in [-0.3, -0.25) is 14.4 Å². The molecule has 1 aromatic heterocycles. The Morgan fingerprint density at radius 2 is 1.70 bits per heavy atom. The lowest BCUT2D eigenvalue weighted by molar-refractivity contribution is -0.277. The monoisotopic (exact) mass is 474 g/mol. The predicted molar refractivity (Wildman–Crippen MR) is 119 cm³/mol. The lowest BCUT2D eigenvalue weighted by Crippen LogP contribution is -2.60. The number of phenolic OH excluding ortho intramolecular Hbond substituents is 1. The summed E-state index contributed by atoms with van der Waals surface area (Å²) in [7, 11) is 0. The summed E-state index contributed by atoms with van der Waals surface area (Å²) in [5.74, 6) is -1.51. The van der Waals surface area contributed by atoms with Crippen LogP contribution in [0.3, 0.4) is 0 Å². The van der Waals surface area contributed by atoms with Gasteiger partial charge in [-0.2, -0.15) is 0 Å². The standard InChI is InChI=1S/C23H22O9S/c1-10-19(27)21(30-11(2)24)22(31-12(3)25)23(29-10)32-13-8-15(26)18-17(9-13)33-16-7-5-4-6-14(16)20(18)28/h4-10,19,21-23,26-27H,1-3H3/t10-,19-,21+,22+,23-/m0/s1. The maximum Gasteiger partial charge on any atom is 0.303 e. The number of hydrogen-bond donors (Lipinski definition) is 2. The Kier molecular flexibility index (Phi) is 6.24. The van der Waals surface area contributed by atoms with Crippen molar-refractivity contribution in [3.8, 4) is 11.5 Å². The summed E-state index contributed by atoms with van der Waals surface area (Å²) in [6.45, 7) is 3.88. The van der Waals surface area contributed by atoms with Gasteiger partial charge in [0.05, 0.1) is 11.5 Å². The Morgan fingerprint density at radius 3 is 2.39 bits per heavy atom. The second-order valence-corrected chi connectivity index (χ2v) is 8.79. The van der Waals surface area contributed by atoms with E-state index in [0.29, 0.717) is 10.1 Å². The topological polar surface area (TPSA) is 129 Å². The molecule has 2 aromatic carbocycles. The number of benzene rings is 2. The molecule has 5 atom stereocenters. The van der Waals surface area contributed by atoms with Crippen LogP contribution in [0.25, 0.3) is 20.2 Å². The van der Waals surface area contributed by atoms with Gasteiger partial charge in [-0.15, -0.1) is 11.3 Å². The second-order valence-electron chi connectivity index (χ2n) is 7.71. The molecule has 0 aliphatic carbocycles. The fourth-order valence-electron chi connectivity index (χ4n) is 3.81. The number of carbonyl (C=O) groups is 2. The smallest absolute Gasteiger partial charge is 0.303 e. The summed E-state index contributed by atoms with van der Waals surface area (Å²) < 4.78 is 23.3. The van der Waals surface area contributed by atoms with E-state index in [-0.39, 0.29) is 22.3 Å². The zero-order valence-electron chi connectivity index (χ0n) is 18.0. The molecule has 4 rings (SSSR count). The van der Waals surface area contributed by atoms with Crippen LogP contribution in [0.5, 0.6) is 11.5 Å². The summed E-state index contributed by atoms with van der Waals surface area (Å²) in [6, 6.07) is 9.89. The summed E-state index contributed by atoms with van der Waals surface area (Å²) in [5, 5.41) is 21.7. The van der Waals surface area contributed by atoms with Gasteiger partial charge in [0.25, 0.3) is 0 Å². The van der Waals surface area contributed by atoms with Crippen molar-refractivity contribution in [2.24, 2.45) is 0 Å². The van der Waals surface area contributed by atoms with E-state index in [4.69, 9.17) is 18.9 Å². The average molecular weight is 474 g/mol. The van der Waals surface area contributed by atoms with Crippen molar-refractivity contribution in [1.29, 1.82) is 0 Å². The first-order chi connectivity index (χ1) is 15.7. The minimum absolute atomic E-state index is 0.137. The molecule has 0 radical (unpaired) electrons. The van der Waals surface area contributed by atoms with E-state index in [0.717, 1.165) is 11.6 Å². The Bertz CT molecular complexity index is 1280. The molecule has 0 amide bonds. The fraction of sp³-hybridized carbons (Fsp3) is 0.348. The molecule has 1 aliphatic heterocycles. The quantitative estimate of drug-likeness (QED) is 0.433. The molecule has 2 heterocycles. The molecule has 10 heteroatoms. The minimum atomic E-state index is -1.27. The highest BCUT2D eigenvalue weighted by Crippen LogP contribution is 2.36. The van der Waals surface area contributed by atoms with Crippen molar-refractivity contribution in [1.82, 2.24) is 0 Å². The number of rotatable bonds is 4. The first-order valence-corrected chi connectivity index (χ1v) is 11.0. The predicted octanol–water partition coefficient (Wildman–Crippen LogP) is 2.47. The molecule has 0 saturated carbocycles. The highest BCUT2D eigenvalue weighted by atomic mass is 32.1. The highest BCUT2D eigenvalue weighted by Gasteiger charge is 2.49. The maximum atomic E-state index is 12.9. The van der Waals surface area contributed by atoms with Crippen molar-refractivity contribution >= 4 is 43.4 Å². The van der Waals surface area contributed by atoms with E-state index in [9.17, 15) is 24.6 Å². The van der Waals surface area contributed by atoms with E-state index >= 15 is 0 Å². The van der Waals surface area contributed by atoms with Crippen molar-refractivity contribution < 1.29 is 38.7 Å². The molecule has 9 nitrogen and oxygen atoms in total. The molecular weight excluding hydrogens is 452 g/mol. The van der Waals surface area contributed by atoms with E-state index in [2.05, 4.69) is 0 Å². The van der Waals surface area contributed by atoms with Gasteiger partial charge in [-0.05, 0) is 25.1 Å². The molecular formula is C23H22O9S. The summed E-state index contributed by atoms with van der Waals surface area (Å²) in [4.78, 5) is 36.1. The van der Waals surface area contributed by atoms with Gasteiger partial charge in [0.2, 0.25) is 12.4 Å². The third-order valence-electron chi connectivity index (χ3n) is 5.25. The number of aliphatic hydroxyl groups excluding tert-OH is 1. The average Bonchev–Trinajstić information content (AvgIpc) is 2.73. The summed E-state index contributed by atoms with van der Waals surface area (Å²) in [5.41, 5.74) is -0.304. The third kappa shape index (κ3) is 4.50. The highest BCUT2D eigenvalue weighted by molar-refractivity contribution is 7.24. The maximum absolute atomic E-state index is 12.9. The van der Waals surface area contributed by atoms with Gasteiger partial charge in [0.1, 0.15) is 17.6 Å². The Labute approximate surface area is 192 Å². The number of hydrogen-bond acceptors (Lipinski definition) is 10. The number of ether oxygens (including phenoxy) is 4. The van der Waals surface area contributed by atoms with Gasteiger partial charge in [-0.25, -0.2) is 0 Å². The molecule has 2 N–H and O–H groups in total. The number of aliphatic hydroxyl groups is 1. The fourth-order valence-corrected chi connectivity index (χ4v) is 4.94. The molecule has 1 saturated heterocycles. The molecule has 0 bridgehead atoms. The zero-order chi connectivity index (χ0) is 23.9. The van der Waals surface area contributed by atoms with E-state index in [1.807, 2.05) is 6.07 Å². The summed E-state index contributed by atoms with van der Waals surface area (Å²) in [6.07, 6.45) is -5.84. The zero-order valence-corrected chi connectivity index (χ0v) is 18.8. The van der Waals surface area contributed by atoms with Crippen LogP contribution in [0.2, 0.25) is 0 Å². The number of fused-ring (bicyclic) bond motifs is 2. The lowest BCUT2D eigenvalue weighted by Gasteiger charge is -2.42. The van der Waals surface area contributed by atoms with Gasteiger partial charge in [-0.1, -0.05) is 12.1 Å². The number of esters is 2. The first-order valence-electron chi connectivity index (χ1n) is 10.2. The summed E-state index contributed by atoms with van der Waals surface area (Å²) >= 11 is 1.30. The molecule has 1 fully saturated rings. The molecule has 33 heavy (non-hydrogen) atoms. The minimum Gasteiger partial charge on any atom is -0.507 e. The van der Waals surface area contributed by atoms with Crippen molar-refractivity contribution in [2.45, 2.75) is 51.5 Å². The van der Waals surface area contributed by atoms with Crippen LogP contribution in [-0.2, 0) is 23.8 Å². The number of phenols is 1. The van der Waals surface area contributed by atoms with Crippen LogP contribution < -0.4 is 10.2 Å².